The first-order valence-electron chi connectivity index (χ1n) is 3.94. The van der Waals surface area contributed by atoms with Crippen molar-refractivity contribution in [1.29, 1.82) is 0 Å². The summed E-state index contributed by atoms with van der Waals surface area (Å²) in [5.74, 6) is -0.768. The average Bonchev–Trinajstić information content (AvgIpc) is 2.53. The predicted octanol–water partition coefficient (Wildman–Crippen LogP) is 1.20. The van der Waals surface area contributed by atoms with Crippen LogP contribution in [0, 0.1) is 0 Å². The van der Waals surface area contributed by atoms with Crippen LogP contribution in [-0.2, 0) is 4.79 Å². The maximum Gasteiger partial charge on any atom is 0.303 e. The van der Waals surface area contributed by atoms with Gasteiger partial charge in [0.2, 0.25) is 0 Å². The molecule has 5 nitrogen and oxygen atoms in total. The van der Waals surface area contributed by atoms with E-state index in [9.17, 15) is 4.79 Å². The molecule has 0 amide bonds. The average molecular weight is 201 g/mol. The van der Waals surface area contributed by atoms with E-state index in [-0.39, 0.29) is 12.5 Å². The standard InChI is InChI=1S/C7H11N3O2S/c1-5(2-3-7(11)12)9-6-4-8-10-13-6/h4-5,9H,2-3H2,1H3,(H,11,12). The van der Waals surface area contributed by atoms with E-state index in [0.29, 0.717) is 6.42 Å². The van der Waals surface area contributed by atoms with Gasteiger partial charge in [-0.25, -0.2) is 0 Å². The highest BCUT2D eigenvalue weighted by atomic mass is 32.1. The number of carbonyl (C=O) groups is 1. The number of aromatic nitrogens is 2. The topological polar surface area (TPSA) is 75.1 Å². The second-order valence-corrected chi connectivity index (χ2v) is 3.55. The summed E-state index contributed by atoms with van der Waals surface area (Å²) in [7, 11) is 0. The minimum Gasteiger partial charge on any atom is -0.481 e. The van der Waals surface area contributed by atoms with E-state index in [1.807, 2.05) is 6.92 Å². The fourth-order valence-corrected chi connectivity index (χ4v) is 1.42. The first kappa shape index (κ1) is 9.91. The van der Waals surface area contributed by atoms with Gasteiger partial charge in [-0.15, -0.1) is 5.10 Å². The molecule has 6 heteroatoms. The normalized spacial score (nSPS) is 12.4. The molecule has 1 aromatic rings. The van der Waals surface area contributed by atoms with Crippen LogP contribution >= 0.6 is 11.5 Å². The van der Waals surface area contributed by atoms with Crippen molar-refractivity contribution in [2.75, 3.05) is 5.32 Å². The van der Waals surface area contributed by atoms with Gasteiger partial charge >= 0.3 is 5.97 Å². The second-order valence-electron chi connectivity index (χ2n) is 2.76. The molecule has 0 aromatic carbocycles. The van der Waals surface area contributed by atoms with Gasteiger partial charge in [0.25, 0.3) is 0 Å². The van der Waals surface area contributed by atoms with Gasteiger partial charge in [-0.2, -0.15) is 0 Å². The molecule has 72 valence electrons. The van der Waals surface area contributed by atoms with Crippen LogP contribution in [0.15, 0.2) is 6.20 Å². The van der Waals surface area contributed by atoms with Crippen LogP contribution in [0.4, 0.5) is 5.00 Å². The van der Waals surface area contributed by atoms with E-state index in [0.717, 1.165) is 5.00 Å². The predicted molar refractivity (Wildman–Crippen MR) is 49.9 cm³/mol. The number of rotatable bonds is 5. The van der Waals surface area contributed by atoms with Crippen molar-refractivity contribution in [2.45, 2.75) is 25.8 Å². The first-order chi connectivity index (χ1) is 6.18. The zero-order valence-corrected chi connectivity index (χ0v) is 8.04. The summed E-state index contributed by atoms with van der Waals surface area (Å²) < 4.78 is 3.68. The Morgan fingerprint density at radius 3 is 3.15 bits per heavy atom. The van der Waals surface area contributed by atoms with Gasteiger partial charge in [0.15, 0.2) is 0 Å². The number of nitrogens with one attached hydrogen (secondary N) is 1. The van der Waals surface area contributed by atoms with Crippen molar-refractivity contribution >= 4 is 22.5 Å². The van der Waals surface area contributed by atoms with Gasteiger partial charge in [-0.3, -0.25) is 4.79 Å². The molecule has 0 aliphatic rings. The van der Waals surface area contributed by atoms with E-state index in [1.54, 1.807) is 6.20 Å². The third-order valence-electron chi connectivity index (χ3n) is 1.54. The summed E-state index contributed by atoms with van der Waals surface area (Å²) in [6.07, 6.45) is 2.41. The van der Waals surface area contributed by atoms with Crippen molar-refractivity contribution in [3.8, 4) is 0 Å². The molecule has 1 aromatic heterocycles. The fraction of sp³-hybridized carbons (Fsp3) is 0.571. The van der Waals surface area contributed by atoms with Gasteiger partial charge in [0.05, 0.1) is 6.20 Å². The summed E-state index contributed by atoms with van der Waals surface area (Å²) in [4.78, 5) is 10.3. The van der Waals surface area contributed by atoms with E-state index < -0.39 is 5.97 Å². The van der Waals surface area contributed by atoms with Gasteiger partial charge in [-0.05, 0) is 13.3 Å². The highest BCUT2D eigenvalue weighted by Crippen LogP contribution is 2.12. The molecule has 1 heterocycles. The van der Waals surface area contributed by atoms with Crippen LogP contribution in [-0.4, -0.2) is 26.7 Å². The molecule has 0 fully saturated rings. The minimum absolute atomic E-state index is 0.137. The number of hydrogen-bond acceptors (Lipinski definition) is 5. The number of carboxylic acids is 1. The number of aliphatic carboxylic acids is 1. The molecule has 0 aliphatic carbocycles. The molecule has 0 bridgehead atoms. The number of carboxylic acid groups (broad SMARTS) is 1. The van der Waals surface area contributed by atoms with E-state index >= 15 is 0 Å². The van der Waals surface area contributed by atoms with Crippen LogP contribution in [0.25, 0.3) is 0 Å². The molecule has 1 atom stereocenters. The highest BCUT2D eigenvalue weighted by molar-refractivity contribution is 7.09. The number of nitrogens with zero attached hydrogens (tertiary/aromatic N) is 2. The Bertz CT molecular complexity index is 263. The third-order valence-corrected chi connectivity index (χ3v) is 2.14. The third kappa shape index (κ3) is 3.84. The molecule has 1 unspecified atom stereocenters. The fourth-order valence-electron chi connectivity index (χ4n) is 0.886. The van der Waals surface area contributed by atoms with Crippen molar-refractivity contribution in [3.05, 3.63) is 6.20 Å². The smallest absolute Gasteiger partial charge is 0.303 e. The van der Waals surface area contributed by atoms with Crippen molar-refractivity contribution < 1.29 is 9.90 Å². The molecule has 13 heavy (non-hydrogen) atoms. The van der Waals surface area contributed by atoms with Gasteiger partial charge in [-0.1, -0.05) is 4.49 Å². The molecule has 0 spiro atoms. The lowest BCUT2D eigenvalue weighted by Gasteiger charge is -2.10. The summed E-state index contributed by atoms with van der Waals surface area (Å²) in [6, 6.07) is 0.137. The number of hydrogen-bond donors (Lipinski definition) is 2. The lowest BCUT2D eigenvalue weighted by Crippen LogP contribution is -2.15. The lowest BCUT2D eigenvalue weighted by atomic mass is 10.2. The maximum absolute atomic E-state index is 10.3. The number of anilines is 1. The Morgan fingerprint density at radius 1 is 1.85 bits per heavy atom. The zero-order chi connectivity index (χ0) is 9.68. The van der Waals surface area contributed by atoms with Crippen LogP contribution in [0.1, 0.15) is 19.8 Å². The van der Waals surface area contributed by atoms with Gasteiger partial charge in [0.1, 0.15) is 5.00 Å². The monoisotopic (exact) mass is 201 g/mol. The van der Waals surface area contributed by atoms with Crippen LogP contribution in [0.3, 0.4) is 0 Å². The van der Waals surface area contributed by atoms with E-state index in [2.05, 4.69) is 14.9 Å². The summed E-state index contributed by atoms with van der Waals surface area (Å²) in [5, 5.41) is 16.1. The van der Waals surface area contributed by atoms with E-state index in [1.165, 1.54) is 11.5 Å². The minimum atomic E-state index is -0.768. The SMILES string of the molecule is CC(CCC(=O)O)Nc1cnns1. The summed E-state index contributed by atoms with van der Waals surface area (Å²) in [5.41, 5.74) is 0. The Balaban J connectivity index is 2.25. The summed E-state index contributed by atoms with van der Waals surface area (Å²) in [6.45, 7) is 1.93. The molecular formula is C7H11N3O2S. The Hall–Kier alpha value is -1.17. The van der Waals surface area contributed by atoms with Gasteiger partial charge in [0, 0.05) is 24.0 Å². The molecular weight excluding hydrogens is 190 g/mol. The molecule has 1 rings (SSSR count). The van der Waals surface area contributed by atoms with Crippen LogP contribution in [0.2, 0.25) is 0 Å². The van der Waals surface area contributed by atoms with E-state index in [4.69, 9.17) is 5.11 Å². The van der Waals surface area contributed by atoms with Crippen molar-refractivity contribution in [1.82, 2.24) is 9.59 Å². The molecule has 0 saturated carbocycles. The Kier molecular flexibility index (Phi) is 3.63. The maximum atomic E-state index is 10.3. The zero-order valence-electron chi connectivity index (χ0n) is 7.23. The van der Waals surface area contributed by atoms with Gasteiger partial charge < -0.3 is 10.4 Å². The molecule has 0 radical (unpaired) electrons. The lowest BCUT2D eigenvalue weighted by molar-refractivity contribution is -0.137. The van der Waals surface area contributed by atoms with Crippen molar-refractivity contribution in [2.24, 2.45) is 0 Å². The largest absolute Gasteiger partial charge is 0.481 e. The van der Waals surface area contributed by atoms with Crippen LogP contribution in [0.5, 0.6) is 0 Å². The molecule has 0 aliphatic heterocycles. The Morgan fingerprint density at radius 2 is 2.62 bits per heavy atom. The quantitative estimate of drug-likeness (QED) is 0.748. The highest BCUT2D eigenvalue weighted by Gasteiger charge is 2.05. The van der Waals surface area contributed by atoms with Crippen molar-refractivity contribution in [3.63, 3.8) is 0 Å². The second kappa shape index (κ2) is 4.76. The first-order valence-corrected chi connectivity index (χ1v) is 4.71. The molecule has 0 saturated heterocycles. The Labute approximate surface area is 80.0 Å². The van der Waals surface area contributed by atoms with Crippen LogP contribution < -0.4 is 5.32 Å². The summed E-state index contributed by atoms with van der Waals surface area (Å²) >= 11 is 1.27. The molecule has 2 N–H and O–H groups in total.